The van der Waals surface area contributed by atoms with Crippen molar-refractivity contribution < 1.29 is 10.2 Å². The Balaban J connectivity index is 2.36. The van der Waals surface area contributed by atoms with Crippen LogP contribution in [0.3, 0.4) is 0 Å². The van der Waals surface area contributed by atoms with Gasteiger partial charge >= 0.3 is 0 Å². The van der Waals surface area contributed by atoms with E-state index in [9.17, 15) is 10.2 Å². The van der Waals surface area contributed by atoms with Crippen LogP contribution < -0.4 is 0 Å². The van der Waals surface area contributed by atoms with Crippen LogP contribution in [-0.4, -0.2) is 10.2 Å². The zero-order chi connectivity index (χ0) is 13.0. The van der Waals surface area contributed by atoms with Gasteiger partial charge in [-0.1, -0.05) is 37.3 Å². The number of aromatic hydroxyl groups is 2. The highest BCUT2D eigenvalue weighted by Gasteiger charge is 2.01. The lowest BCUT2D eigenvalue weighted by Gasteiger charge is -2.06. The van der Waals surface area contributed by atoms with Crippen molar-refractivity contribution in [2.45, 2.75) is 13.3 Å². The summed E-state index contributed by atoms with van der Waals surface area (Å²) in [5.74, 6) is 0.542. The lowest BCUT2D eigenvalue weighted by Crippen LogP contribution is -1.83. The number of allylic oxidation sites excluding steroid dienone is 1. The predicted molar refractivity (Wildman–Crippen MR) is 74.4 cm³/mol. The van der Waals surface area contributed by atoms with E-state index in [1.54, 1.807) is 24.3 Å². The molecule has 0 radical (unpaired) electrons. The molecular formula is C16H16O2. The Kier molecular flexibility index (Phi) is 3.68. The molecular weight excluding hydrogens is 224 g/mol. The summed E-state index contributed by atoms with van der Waals surface area (Å²) < 4.78 is 0. The van der Waals surface area contributed by atoms with Crippen LogP contribution in [-0.2, 0) is 0 Å². The van der Waals surface area contributed by atoms with E-state index in [2.05, 4.69) is 13.0 Å². The normalized spacial score (nSPS) is 11.5. The monoisotopic (exact) mass is 240 g/mol. The number of phenolic OH excluding ortho intramolecular Hbond substituents is 2. The molecule has 18 heavy (non-hydrogen) atoms. The Hall–Kier alpha value is -2.22. The fraction of sp³-hybridized carbons (Fsp3) is 0.125. The molecule has 2 aromatic carbocycles. The third-order valence-electron chi connectivity index (χ3n) is 2.83. The molecule has 0 aliphatic carbocycles. The number of phenols is 2. The molecule has 0 aliphatic rings. The van der Waals surface area contributed by atoms with Gasteiger partial charge < -0.3 is 10.2 Å². The minimum Gasteiger partial charge on any atom is -0.508 e. The van der Waals surface area contributed by atoms with E-state index in [1.807, 2.05) is 24.3 Å². The van der Waals surface area contributed by atoms with Crippen molar-refractivity contribution in [1.82, 2.24) is 0 Å². The van der Waals surface area contributed by atoms with Crippen LogP contribution in [0, 0.1) is 0 Å². The molecule has 0 amide bonds. The van der Waals surface area contributed by atoms with Gasteiger partial charge in [0.15, 0.2) is 0 Å². The molecule has 2 heteroatoms. The zero-order valence-electron chi connectivity index (χ0n) is 10.3. The van der Waals surface area contributed by atoms with Crippen molar-refractivity contribution in [2.75, 3.05) is 0 Å². The van der Waals surface area contributed by atoms with Crippen LogP contribution in [0.25, 0.3) is 11.6 Å². The minimum atomic E-state index is 0.266. The first-order valence-electron chi connectivity index (χ1n) is 5.98. The minimum absolute atomic E-state index is 0.266. The first kappa shape index (κ1) is 12.2. The highest BCUT2D eigenvalue weighted by molar-refractivity contribution is 5.81. The molecule has 92 valence electrons. The van der Waals surface area contributed by atoms with Crippen molar-refractivity contribution >= 4 is 11.6 Å². The van der Waals surface area contributed by atoms with Gasteiger partial charge in [-0.05, 0) is 47.4 Å². The quantitative estimate of drug-likeness (QED) is 0.794. The third-order valence-corrected chi connectivity index (χ3v) is 2.83. The highest BCUT2D eigenvalue weighted by atomic mass is 16.3. The summed E-state index contributed by atoms with van der Waals surface area (Å²) in [6.07, 6.45) is 2.94. The first-order valence-corrected chi connectivity index (χ1v) is 5.98. The fourth-order valence-electron chi connectivity index (χ4n) is 1.87. The third kappa shape index (κ3) is 2.92. The second-order valence-electron chi connectivity index (χ2n) is 4.16. The van der Waals surface area contributed by atoms with Crippen LogP contribution in [0.2, 0.25) is 0 Å². The summed E-state index contributed by atoms with van der Waals surface area (Å²) in [4.78, 5) is 0. The molecule has 0 spiro atoms. The average molecular weight is 240 g/mol. The highest BCUT2D eigenvalue weighted by Crippen LogP contribution is 2.24. The fourth-order valence-corrected chi connectivity index (χ4v) is 1.87. The summed E-state index contributed by atoms with van der Waals surface area (Å²) >= 11 is 0. The van der Waals surface area contributed by atoms with Gasteiger partial charge in [0.25, 0.3) is 0 Å². The Bertz CT molecular complexity index is 554. The zero-order valence-corrected chi connectivity index (χ0v) is 10.3. The second-order valence-corrected chi connectivity index (χ2v) is 4.16. The van der Waals surface area contributed by atoms with Gasteiger partial charge in [0.2, 0.25) is 0 Å². The Morgan fingerprint density at radius 1 is 1.00 bits per heavy atom. The number of hydrogen-bond acceptors (Lipinski definition) is 2. The molecule has 2 rings (SSSR count). The van der Waals surface area contributed by atoms with Crippen molar-refractivity contribution in [1.29, 1.82) is 0 Å². The Morgan fingerprint density at radius 2 is 1.72 bits per heavy atom. The molecule has 0 heterocycles. The van der Waals surface area contributed by atoms with Gasteiger partial charge in [0.1, 0.15) is 11.5 Å². The van der Waals surface area contributed by atoms with Crippen LogP contribution >= 0.6 is 0 Å². The van der Waals surface area contributed by atoms with Gasteiger partial charge in [-0.15, -0.1) is 0 Å². The van der Waals surface area contributed by atoms with Crippen LogP contribution in [0.4, 0.5) is 0 Å². The van der Waals surface area contributed by atoms with E-state index < -0.39 is 0 Å². The Labute approximate surface area is 107 Å². The molecule has 0 saturated heterocycles. The van der Waals surface area contributed by atoms with Crippen molar-refractivity contribution in [3.63, 3.8) is 0 Å². The summed E-state index contributed by atoms with van der Waals surface area (Å²) in [6.45, 7) is 2.08. The molecule has 2 N–H and O–H groups in total. The predicted octanol–water partition coefficient (Wildman–Crippen LogP) is 4.05. The van der Waals surface area contributed by atoms with E-state index >= 15 is 0 Å². The van der Waals surface area contributed by atoms with E-state index in [4.69, 9.17) is 0 Å². The van der Waals surface area contributed by atoms with Gasteiger partial charge in [-0.3, -0.25) is 0 Å². The van der Waals surface area contributed by atoms with Gasteiger partial charge in [0, 0.05) is 0 Å². The van der Waals surface area contributed by atoms with Gasteiger partial charge in [-0.25, -0.2) is 0 Å². The summed E-state index contributed by atoms with van der Waals surface area (Å²) in [5.41, 5.74) is 3.20. The van der Waals surface area contributed by atoms with Crippen LogP contribution in [0.15, 0.2) is 48.5 Å². The molecule has 0 unspecified atom stereocenters. The molecule has 2 aromatic rings. The molecule has 0 aliphatic heterocycles. The number of benzene rings is 2. The molecule has 0 aromatic heterocycles. The van der Waals surface area contributed by atoms with E-state index in [0.717, 1.165) is 23.1 Å². The standard InChI is InChI=1S/C16H16O2/c1-2-13(14-4-3-5-16(18)11-14)10-12-6-8-15(17)9-7-12/h3-11,17-18H,2H2,1H3. The first-order chi connectivity index (χ1) is 8.69. The van der Waals surface area contributed by atoms with Gasteiger partial charge in [-0.2, -0.15) is 0 Å². The van der Waals surface area contributed by atoms with Crippen LogP contribution in [0.5, 0.6) is 11.5 Å². The lowest BCUT2D eigenvalue weighted by molar-refractivity contribution is 0.474. The smallest absolute Gasteiger partial charge is 0.116 e. The Morgan fingerprint density at radius 3 is 2.33 bits per heavy atom. The average Bonchev–Trinajstić information content (AvgIpc) is 2.38. The maximum absolute atomic E-state index is 9.50. The molecule has 0 atom stereocenters. The van der Waals surface area contributed by atoms with Gasteiger partial charge in [0.05, 0.1) is 0 Å². The van der Waals surface area contributed by atoms with Crippen LogP contribution in [0.1, 0.15) is 24.5 Å². The number of hydrogen-bond donors (Lipinski definition) is 2. The topological polar surface area (TPSA) is 40.5 Å². The molecule has 0 fully saturated rings. The summed E-state index contributed by atoms with van der Waals surface area (Å²) in [5, 5.41) is 18.7. The van der Waals surface area contributed by atoms with Crippen molar-refractivity contribution in [2.24, 2.45) is 0 Å². The second kappa shape index (κ2) is 5.41. The van der Waals surface area contributed by atoms with E-state index in [1.165, 1.54) is 0 Å². The SMILES string of the molecule is CCC(=Cc1ccc(O)cc1)c1cccc(O)c1. The molecule has 0 bridgehead atoms. The molecule has 2 nitrogen and oxygen atoms in total. The van der Waals surface area contributed by atoms with Crippen molar-refractivity contribution in [3.8, 4) is 11.5 Å². The lowest BCUT2D eigenvalue weighted by atomic mass is 10.0. The molecule has 0 saturated carbocycles. The summed E-state index contributed by atoms with van der Waals surface area (Å²) in [7, 11) is 0. The number of rotatable bonds is 3. The van der Waals surface area contributed by atoms with E-state index in [-0.39, 0.29) is 11.5 Å². The van der Waals surface area contributed by atoms with Crippen molar-refractivity contribution in [3.05, 3.63) is 59.7 Å². The van der Waals surface area contributed by atoms with E-state index in [0.29, 0.717) is 0 Å². The summed E-state index contributed by atoms with van der Waals surface area (Å²) in [6, 6.07) is 14.3. The largest absolute Gasteiger partial charge is 0.508 e. The maximum Gasteiger partial charge on any atom is 0.116 e. The maximum atomic E-state index is 9.50.